The Kier molecular flexibility index (Phi) is 9.80. The Labute approximate surface area is 230 Å². The summed E-state index contributed by atoms with van der Waals surface area (Å²) in [5.41, 5.74) is 1.68. The van der Waals surface area contributed by atoms with Crippen LogP contribution in [-0.4, -0.2) is 42.6 Å². The van der Waals surface area contributed by atoms with Crippen LogP contribution in [0.5, 0.6) is 23.0 Å². The fraction of sp³-hybridized carbons (Fsp3) is 0.148. The van der Waals surface area contributed by atoms with Crippen LogP contribution in [-0.2, 0) is 10.0 Å². The average molecular weight is 603 g/mol. The summed E-state index contributed by atoms with van der Waals surface area (Å²) in [6, 6.07) is 14.9. The number of ether oxygens (including phenoxy) is 4. The molecule has 3 rings (SSSR count). The van der Waals surface area contributed by atoms with Gasteiger partial charge in [0.05, 0.1) is 50.8 Å². The number of nitrogens with one attached hydrogen (secondary N) is 2. The van der Waals surface area contributed by atoms with Crippen molar-refractivity contribution < 1.29 is 32.2 Å². The van der Waals surface area contributed by atoms with Crippen molar-refractivity contribution in [2.24, 2.45) is 0 Å². The van der Waals surface area contributed by atoms with E-state index in [1.807, 2.05) is 0 Å². The number of anilines is 2. The molecule has 9 nitrogen and oxygen atoms in total. The predicted molar refractivity (Wildman–Crippen MR) is 152 cm³/mol. The zero-order valence-corrected chi connectivity index (χ0v) is 23.6. The molecule has 0 amide bonds. The molecule has 0 heterocycles. The maximum Gasteiger partial charge on any atom is 0.255 e. The lowest BCUT2D eigenvalue weighted by atomic mass is 10.1. The Morgan fingerprint density at radius 3 is 2.05 bits per heavy atom. The van der Waals surface area contributed by atoms with Crippen molar-refractivity contribution in [2.45, 2.75) is 0 Å². The third-order valence-corrected chi connectivity index (χ3v) is 6.77. The number of carbonyl (C=O) groups is 1. The van der Waals surface area contributed by atoms with E-state index in [9.17, 15) is 13.2 Å². The number of sulfonamides is 1. The third-order valence-electron chi connectivity index (χ3n) is 5.23. The Morgan fingerprint density at radius 1 is 0.842 bits per heavy atom. The van der Waals surface area contributed by atoms with Crippen LogP contribution in [0.2, 0.25) is 0 Å². The summed E-state index contributed by atoms with van der Waals surface area (Å²) in [5.74, 6) is 1.52. The molecule has 0 radical (unpaired) electrons. The Morgan fingerprint density at radius 2 is 1.47 bits per heavy atom. The van der Waals surface area contributed by atoms with E-state index in [0.29, 0.717) is 39.8 Å². The third kappa shape index (κ3) is 7.53. The van der Waals surface area contributed by atoms with Gasteiger partial charge in [0.2, 0.25) is 0 Å². The van der Waals surface area contributed by atoms with Gasteiger partial charge in [0.25, 0.3) is 10.0 Å². The van der Waals surface area contributed by atoms with E-state index >= 15 is 0 Å². The highest BCUT2D eigenvalue weighted by atomic mass is 79.9. The molecular formula is C27H27BrN2O7S. The van der Waals surface area contributed by atoms with Gasteiger partial charge in [-0.1, -0.05) is 15.9 Å². The summed E-state index contributed by atoms with van der Waals surface area (Å²) in [4.78, 5) is 12.4. The molecule has 0 aliphatic rings. The first kappa shape index (κ1) is 28.6. The molecule has 0 bridgehead atoms. The van der Waals surface area contributed by atoms with Crippen LogP contribution in [0.1, 0.15) is 15.9 Å². The second-order valence-electron chi connectivity index (χ2n) is 7.66. The molecule has 11 heteroatoms. The monoisotopic (exact) mass is 602 g/mol. The number of benzene rings is 3. The second-order valence-corrected chi connectivity index (χ2v) is 10.1. The van der Waals surface area contributed by atoms with Crippen LogP contribution in [0, 0.1) is 0 Å². The summed E-state index contributed by atoms with van der Waals surface area (Å²) in [7, 11) is 1.99. The van der Waals surface area contributed by atoms with E-state index in [1.165, 1.54) is 46.8 Å². The smallest absolute Gasteiger partial charge is 0.255 e. The SMILES string of the molecule is COc1cc(OC)c(/C=C/S(=O)(=O)Nc2ccc(OC)c(N/C=C/C(=O)c3ccc(Br)cc3)c2)c(OC)c1. The molecule has 2 N–H and O–H groups in total. The minimum Gasteiger partial charge on any atom is -0.496 e. The summed E-state index contributed by atoms with van der Waals surface area (Å²) in [6.07, 6.45) is 4.21. The van der Waals surface area contributed by atoms with E-state index < -0.39 is 10.0 Å². The fourth-order valence-electron chi connectivity index (χ4n) is 3.35. The minimum atomic E-state index is -3.93. The number of halogens is 1. The molecule has 0 aromatic heterocycles. The lowest BCUT2D eigenvalue weighted by molar-refractivity contribution is 0.104. The van der Waals surface area contributed by atoms with Gasteiger partial charge in [-0.25, -0.2) is 8.42 Å². The van der Waals surface area contributed by atoms with Gasteiger partial charge in [-0.3, -0.25) is 9.52 Å². The van der Waals surface area contributed by atoms with Crippen molar-refractivity contribution >= 4 is 49.2 Å². The van der Waals surface area contributed by atoms with Crippen LogP contribution in [0.3, 0.4) is 0 Å². The number of hydrogen-bond acceptors (Lipinski definition) is 8. The van der Waals surface area contributed by atoms with E-state index in [0.717, 1.165) is 9.88 Å². The lowest BCUT2D eigenvalue weighted by Gasteiger charge is -2.13. The maximum atomic E-state index is 12.8. The number of hydrogen-bond donors (Lipinski definition) is 2. The van der Waals surface area contributed by atoms with Gasteiger partial charge in [0.15, 0.2) is 5.78 Å². The highest BCUT2D eigenvalue weighted by Crippen LogP contribution is 2.35. The molecule has 0 aliphatic heterocycles. The normalized spacial score (nSPS) is 11.4. The van der Waals surface area contributed by atoms with Gasteiger partial charge in [0.1, 0.15) is 23.0 Å². The number of methoxy groups -OCH3 is 4. The van der Waals surface area contributed by atoms with Crippen LogP contribution in [0.4, 0.5) is 11.4 Å². The van der Waals surface area contributed by atoms with Crippen LogP contribution >= 0.6 is 15.9 Å². The number of rotatable bonds is 12. The molecule has 3 aromatic carbocycles. The fourth-order valence-corrected chi connectivity index (χ4v) is 4.46. The Hall–Kier alpha value is -3.96. The summed E-state index contributed by atoms with van der Waals surface area (Å²) in [6.45, 7) is 0. The van der Waals surface area contributed by atoms with Gasteiger partial charge >= 0.3 is 0 Å². The molecular weight excluding hydrogens is 576 g/mol. The number of carbonyl (C=O) groups excluding carboxylic acids is 1. The average Bonchev–Trinajstić information content (AvgIpc) is 2.91. The summed E-state index contributed by atoms with van der Waals surface area (Å²) < 4.78 is 50.3. The molecule has 0 saturated heterocycles. The lowest BCUT2D eigenvalue weighted by Crippen LogP contribution is -2.09. The molecule has 0 aliphatic carbocycles. The zero-order valence-electron chi connectivity index (χ0n) is 21.1. The van der Waals surface area contributed by atoms with E-state index in [2.05, 4.69) is 26.0 Å². The van der Waals surface area contributed by atoms with Crippen molar-refractivity contribution in [1.29, 1.82) is 0 Å². The molecule has 38 heavy (non-hydrogen) atoms. The van der Waals surface area contributed by atoms with Gasteiger partial charge in [0, 0.05) is 34.4 Å². The van der Waals surface area contributed by atoms with E-state index in [1.54, 1.807) is 54.6 Å². The first-order valence-electron chi connectivity index (χ1n) is 11.1. The van der Waals surface area contributed by atoms with Crippen molar-refractivity contribution in [1.82, 2.24) is 0 Å². The first-order valence-corrected chi connectivity index (χ1v) is 13.5. The summed E-state index contributed by atoms with van der Waals surface area (Å²) in [5, 5.41) is 3.98. The largest absolute Gasteiger partial charge is 0.496 e. The highest BCUT2D eigenvalue weighted by Gasteiger charge is 2.14. The van der Waals surface area contributed by atoms with Gasteiger partial charge in [-0.2, -0.15) is 0 Å². The van der Waals surface area contributed by atoms with Crippen LogP contribution in [0.25, 0.3) is 6.08 Å². The second kappa shape index (κ2) is 13.0. The van der Waals surface area contributed by atoms with E-state index in [4.69, 9.17) is 18.9 Å². The van der Waals surface area contributed by atoms with Crippen molar-refractivity contribution in [3.8, 4) is 23.0 Å². The maximum absolute atomic E-state index is 12.8. The van der Waals surface area contributed by atoms with Crippen molar-refractivity contribution in [3.63, 3.8) is 0 Å². The quantitative estimate of drug-likeness (QED) is 0.200. The van der Waals surface area contributed by atoms with Crippen molar-refractivity contribution in [3.05, 3.63) is 87.9 Å². The molecule has 0 saturated carbocycles. The topological polar surface area (TPSA) is 112 Å². The molecule has 0 spiro atoms. The number of ketones is 1. The Balaban J connectivity index is 1.78. The zero-order chi connectivity index (χ0) is 27.7. The van der Waals surface area contributed by atoms with Gasteiger partial charge in [-0.05, 0) is 48.5 Å². The van der Waals surface area contributed by atoms with Crippen LogP contribution < -0.4 is 29.0 Å². The number of allylic oxidation sites excluding steroid dienone is 1. The first-order chi connectivity index (χ1) is 18.2. The molecule has 0 unspecified atom stereocenters. The summed E-state index contributed by atoms with van der Waals surface area (Å²) >= 11 is 3.34. The molecule has 0 fully saturated rings. The van der Waals surface area contributed by atoms with Gasteiger partial charge in [-0.15, -0.1) is 0 Å². The predicted octanol–water partition coefficient (Wildman–Crippen LogP) is 5.70. The Bertz CT molecular complexity index is 1430. The minimum absolute atomic E-state index is 0.199. The van der Waals surface area contributed by atoms with Crippen molar-refractivity contribution in [2.75, 3.05) is 38.5 Å². The van der Waals surface area contributed by atoms with E-state index in [-0.39, 0.29) is 11.5 Å². The van der Waals surface area contributed by atoms with Gasteiger partial charge < -0.3 is 24.3 Å². The molecule has 200 valence electrons. The molecule has 0 atom stereocenters. The highest BCUT2D eigenvalue weighted by molar-refractivity contribution is 9.10. The standard InChI is InChI=1S/C27H27BrN2O7S/c1-34-21-16-26(36-3)22(27(17-21)37-4)12-14-38(32,33)30-20-9-10-25(35-2)23(15-20)29-13-11-24(31)18-5-7-19(28)8-6-18/h5-17,29-30H,1-4H3/b13-11+,14-12+. The van der Waals surface area contributed by atoms with Crippen LogP contribution in [0.15, 0.2) is 76.8 Å². The molecule has 3 aromatic rings.